The molecule has 3 aromatic rings. The van der Waals surface area contributed by atoms with Gasteiger partial charge in [0.05, 0.1) is 23.8 Å². The number of hydrogen-bond donors (Lipinski definition) is 1. The summed E-state index contributed by atoms with van der Waals surface area (Å²) in [7, 11) is 0. The molecule has 2 aromatic carbocycles. The molecule has 0 saturated carbocycles. The average Bonchev–Trinajstić information content (AvgIpc) is 3.40. The summed E-state index contributed by atoms with van der Waals surface area (Å²) in [6, 6.07) is 17.9. The van der Waals surface area contributed by atoms with Gasteiger partial charge in [0.2, 0.25) is 0 Å². The van der Waals surface area contributed by atoms with Crippen molar-refractivity contribution in [2.45, 2.75) is 36.3 Å². The number of aldehydes is 1. The second-order valence-electron chi connectivity index (χ2n) is 7.92. The molecule has 182 valence electrons. The molecule has 10 heteroatoms. The van der Waals surface area contributed by atoms with E-state index in [-0.39, 0.29) is 22.7 Å². The van der Waals surface area contributed by atoms with Crippen molar-refractivity contribution in [1.29, 1.82) is 0 Å². The molecule has 1 aromatic heterocycles. The Balaban J connectivity index is 1.51. The zero-order chi connectivity index (χ0) is 24.8. The molecule has 3 unspecified atom stereocenters. The number of hydrogen-bond acceptors (Lipinski definition) is 8. The SMILES string of the molecule is CCC1SC(C=O)N(Cc2ccc(NC(=O)c3ccco3)cc2)N=C1c1ccc(CS(=O)[O-])cc1. The molecule has 8 nitrogen and oxygen atoms in total. The molecule has 0 saturated heterocycles. The van der Waals surface area contributed by atoms with E-state index < -0.39 is 16.5 Å². The van der Waals surface area contributed by atoms with Crippen LogP contribution in [0.5, 0.6) is 0 Å². The van der Waals surface area contributed by atoms with Gasteiger partial charge in [-0.1, -0.05) is 54.4 Å². The number of hydrazone groups is 1. The van der Waals surface area contributed by atoms with Gasteiger partial charge in [0.15, 0.2) is 12.0 Å². The second kappa shape index (κ2) is 11.5. The first-order chi connectivity index (χ1) is 17.0. The van der Waals surface area contributed by atoms with Crippen molar-refractivity contribution < 1.29 is 22.8 Å². The van der Waals surface area contributed by atoms with Gasteiger partial charge in [-0.25, -0.2) is 0 Å². The molecule has 35 heavy (non-hydrogen) atoms. The zero-order valence-corrected chi connectivity index (χ0v) is 20.6. The van der Waals surface area contributed by atoms with Gasteiger partial charge in [-0.3, -0.25) is 14.0 Å². The Bertz CT molecular complexity index is 1210. The highest BCUT2D eigenvalue weighted by Crippen LogP contribution is 2.32. The minimum Gasteiger partial charge on any atom is -0.772 e. The zero-order valence-electron chi connectivity index (χ0n) is 19.0. The summed E-state index contributed by atoms with van der Waals surface area (Å²) in [6.07, 6.45) is 3.15. The molecule has 4 rings (SSSR count). The minimum absolute atomic E-state index is 0.0317. The average molecular weight is 511 g/mol. The van der Waals surface area contributed by atoms with Crippen LogP contribution in [0.4, 0.5) is 5.69 Å². The lowest BCUT2D eigenvalue weighted by molar-refractivity contribution is -0.110. The molecule has 0 fully saturated rings. The van der Waals surface area contributed by atoms with Gasteiger partial charge in [-0.2, -0.15) is 5.10 Å². The van der Waals surface area contributed by atoms with Crippen LogP contribution in [0.3, 0.4) is 0 Å². The Hall–Kier alpha value is -3.21. The minimum atomic E-state index is -2.14. The standard InChI is InChI=1S/C25H25N3O5S2/c1-2-22-24(19-9-5-18(6-10-19)16-35(31)32)27-28(23(15-29)34-22)14-17-7-11-20(12-8-17)26-25(30)21-4-3-13-33-21/h3-13,15,22-23H,2,14,16H2,1H3,(H,26,30)(H,31,32)/p-1. The van der Waals surface area contributed by atoms with E-state index in [1.54, 1.807) is 53.2 Å². The molecule has 0 bridgehead atoms. The van der Waals surface area contributed by atoms with Crippen LogP contribution in [-0.4, -0.2) is 42.3 Å². The fourth-order valence-electron chi connectivity index (χ4n) is 3.71. The molecule has 1 N–H and O–H groups in total. The van der Waals surface area contributed by atoms with E-state index in [4.69, 9.17) is 9.52 Å². The highest BCUT2D eigenvalue weighted by molar-refractivity contribution is 8.01. The monoisotopic (exact) mass is 510 g/mol. The normalized spacial score (nSPS) is 18.6. The van der Waals surface area contributed by atoms with Gasteiger partial charge in [-0.05, 0) is 47.4 Å². The van der Waals surface area contributed by atoms with E-state index in [0.717, 1.165) is 29.5 Å². The van der Waals surface area contributed by atoms with Crippen molar-refractivity contribution >= 4 is 46.4 Å². The van der Waals surface area contributed by atoms with Crippen molar-refractivity contribution in [3.63, 3.8) is 0 Å². The molecule has 0 aliphatic carbocycles. The molecule has 3 atom stereocenters. The van der Waals surface area contributed by atoms with Crippen molar-refractivity contribution in [3.05, 3.63) is 89.4 Å². The predicted octanol–water partition coefficient (Wildman–Crippen LogP) is 4.17. The van der Waals surface area contributed by atoms with E-state index in [0.29, 0.717) is 17.8 Å². The van der Waals surface area contributed by atoms with E-state index in [1.807, 2.05) is 24.3 Å². The maximum Gasteiger partial charge on any atom is 0.291 e. The van der Waals surface area contributed by atoms with Crippen molar-refractivity contribution in [2.75, 3.05) is 5.32 Å². The van der Waals surface area contributed by atoms with Gasteiger partial charge >= 0.3 is 0 Å². The molecule has 1 aliphatic heterocycles. The molecular formula is C25H24N3O5S2-. The maximum atomic E-state index is 12.2. The largest absolute Gasteiger partial charge is 0.772 e. The smallest absolute Gasteiger partial charge is 0.291 e. The van der Waals surface area contributed by atoms with Gasteiger partial charge in [0.25, 0.3) is 5.91 Å². The highest BCUT2D eigenvalue weighted by atomic mass is 32.2. The summed E-state index contributed by atoms with van der Waals surface area (Å²) in [6.45, 7) is 2.46. The summed E-state index contributed by atoms with van der Waals surface area (Å²) < 4.78 is 27.1. The third-order valence-corrected chi connectivity index (χ3v) is 7.55. The van der Waals surface area contributed by atoms with Crippen LogP contribution in [0.1, 0.15) is 40.6 Å². The lowest BCUT2D eigenvalue weighted by Crippen LogP contribution is -2.39. The molecular weight excluding hydrogens is 486 g/mol. The maximum absolute atomic E-state index is 12.2. The Morgan fingerprint density at radius 3 is 2.49 bits per heavy atom. The Morgan fingerprint density at radius 1 is 1.17 bits per heavy atom. The Kier molecular flexibility index (Phi) is 8.17. The fourth-order valence-corrected chi connectivity index (χ4v) is 5.34. The highest BCUT2D eigenvalue weighted by Gasteiger charge is 2.31. The molecule has 0 radical (unpaired) electrons. The van der Waals surface area contributed by atoms with Crippen molar-refractivity contribution in [3.8, 4) is 0 Å². The van der Waals surface area contributed by atoms with Crippen LogP contribution in [0, 0.1) is 0 Å². The molecule has 2 heterocycles. The number of carbonyl (C=O) groups is 2. The topological polar surface area (TPSA) is 115 Å². The van der Waals surface area contributed by atoms with Crippen molar-refractivity contribution in [1.82, 2.24) is 5.01 Å². The molecule has 0 spiro atoms. The number of anilines is 1. The van der Waals surface area contributed by atoms with Gasteiger partial charge < -0.3 is 19.1 Å². The van der Waals surface area contributed by atoms with Crippen LogP contribution in [0.2, 0.25) is 0 Å². The Labute approximate surface area is 210 Å². The van der Waals surface area contributed by atoms with E-state index in [2.05, 4.69) is 12.2 Å². The summed E-state index contributed by atoms with van der Waals surface area (Å²) in [5.41, 5.74) is 4.02. The van der Waals surface area contributed by atoms with Crippen LogP contribution in [-0.2, 0) is 28.2 Å². The lowest BCUT2D eigenvalue weighted by Gasteiger charge is -2.34. The number of carbonyl (C=O) groups excluding carboxylic acids is 2. The fraction of sp³-hybridized carbons (Fsp3) is 0.240. The van der Waals surface area contributed by atoms with Crippen LogP contribution < -0.4 is 5.32 Å². The summed E-state index contributed by atoms with van der Waals surface area (Å²) >= 11 is -0.596. The van der Waals surface area contributed by atoms with Gasteiger partial charge in [-0.15, -0.1) is 11.8 Å². The first-order valence-electron chi connectivity index (χ1n) is 11.0. The third kappa shape index (κ3) is 6.27. The summed E-state index contributed by atoms with van der Waals surface area (Å²) in [5, 5.41) is 9.00. The number of nitrogens with zero attached hydrogens (tertiary/aromatic N) is 2. The predicted molar refractivity (Wildman–Crippen MR) is 136 cm³/mol. The quantitative estimate of drug-likeness (QED) is 0.339. The lowest BCUT2D eigenvalue weighted by atomic mass is 10.0. The number of thioether (sulfide) groups is 1. The summed E-state index contributed by atoms with van der Waals surface area (Å²) in [5.74, 6) is -0.130. The van der Waals surface area contributed by atoms with E-state index >= 15 is 0 Å². The van der Waals surface area contributed by atoms with Gasteiger partial charge in [0, 0.05) is 11.4 Å². The van der Waals surface area contributed by atoms with Crippen LogP contribution >= 0.6 is 11.8 Å². The van der Waals surface area contributed by atoms with Crippen LogP contribution in [0.25, 0.3) is 0 Å². The summed E-state index contributed by atoms with van der Waals surface area (Å²) in [4.78, 5) is 24.0. The van der Waals surface area contributed by atoms with E-state index in [9.17, 15) is 18.4 Å². The number of rotatable bonds is 9. The number of nitrogens with one attached hydrogen (secondary N) is 1. The first kappa shape index (κ1) is 24.9. The van der Waals surface area contributed by atoms with Gasteiger partial charge in [0.1, 0.15) is 5.37 Å². The van der Waals surface area contributed by atoms with E-state index in [1.165, 1.54) is 6.26 Å². The van der Waals surface area contributed by atoms with Crippen LogP contribution in [0.15, 0.2) is 76.4 Å². The number of amides is 1. The third-order valence-electron chi connectivity index (χ3n) is 5.46. The number of furan rings is 1. The number of benzene rings is 2. The van der Waals surface area contributed by atoms with Crippen molar-refractivity contribution in [2.24, 2.45) is 5.10 Å². The molecule has 1 amide bonds. The Morgan fingerprint density at radius 2 is 1.89 bits per heavy atom. The first-order valence-corrected chi connectivity index (χ1v) is 13.2. The second-order valence-corrected chi connectivity index (χ2v) is 10.1. The molecule has 1 aliphatic rings.